The van der Waals surface area contributed by atoms with Gasteiger partial charge in [-0.2, -0.15) is 0 Å². The molecule has 1 aromatic heterocycles. The van der Waals surface area contributed by atoms with Gasteiger partial charge in [0.25, 0.3) is 0 Å². The molecular weight excluding hydrogens is 276 g/mol. The molecule has 0 N–H and O–H groups in total. The molecule has 110 valence electrons. The van der Waals surface area contributed by atoms with Crippen LogP contribution in [0.1, 0.15) is 25.3 Å². The van der Waals surface area contributed by atoms with Crippen molar-refractivity contribution in [3.8, 4) is 0 Å². The standard InChI is InChI=1S/C14H20N2O3S/c1-14(18-5-6-19-14)12-3-2-4-16(9-12)13(17)7-11-8-15-20-10-11/h8,10,12H,2-7,9H2,1H3. The molecule has 0 bridgehead atoms. The topological polar surface area (TPSA) is 51.7 Å². The van der Waals surface area contributed by atoms with Crippen molar-refractivity contribution >= 4 is 17.4 Å². The van der Waals surface area contributed by atoms with E-state index in [9.17, 15) is 4.79 Å². The van der Waals surface area contributed by atoms with E-state index in [0.717, 1.165) is 31.5 Å². The Hall–Kier alpha value is -0.980. The number of piperidine rings is 1. The predicted molar refractivity (Wildman–Crippen MR) is 75.4 cm³/mol. The molecule has 0 spiro atoms. The molecule has 3 heterocycles. The summed E-state index contributed by atoms with van der Waals surface area (Å²) in [5.74, 6) is -0.0668. The lowest BCUT2D eigenvalue weighted by Gasteiger charge is -2.39. The van der Waals surface area contributed by atoms with Crippen molar-refractivity contribution in [1.82, 2.24) is 9.27 Å². The Morgan fingerprint density at radius 1 is 1.55 bits per heavy atom. The van der Waals surface area contributed by atoms with Crippen LogP contribution in [0.3, 0.4) is 0 Å². The summed E-state index contributed by atoms with van der Waals surface area (Å²) in [7, 11) is 0. The summed E-state index contributed by atoms with van der Waals surface area (Å²) in [5.41, 5.74) is 1.00. The number of hydrogen-bond acceptors (Lipinski definition) is 5. The lowest BCUT2D eigenvalue weighted by atomic mass is 9.90. The number of hydrogen-bond donors (Lipinski definition) is 0. The fourth-order valence-corrected chi connectivity index (χ4v) is 3.53. The Balaban J connectivity index is 1.61. The lowest BCUT2D eigenvalue weighted by Crippen LogP contribution is -2.49. The van der Waals surface area contributed by atoms with Gasteiger partial charge in [-0.05, 0) is 36.9 Å². The van der Waals surface area contributed by atoms with E-state index in [2.05, 4.69) is 4.37 Å². The highest BCUT2D eigenvalue weighted by Gasteiger charge is 2.42. The van der Waals surface area contributed by atoms with Crippen molar-refractivity contribution in [3.05, 3.63) is 17.1 Å². The van der Waals surface area contributed by atoms with Crippen LogP contribution < -0.4 is 0 Å². The number of ether oxygens (including phenoxy) is 2. The highest BCUT2D eigenvalue weighted by atomic mass is 32.1. The maximum Gasteiger partial charge on any atom is 0.227 e. The molecule has 6 heteroatoms. The van der Waals surface area contributed by atoms with E-state index < -0.39 is 5.79 Å². The molecule has 5 nitrogen and oxygen atoms in total. The average molecular weight is 296 g/mol. The van der Waals surface area contributed by atoms with E-state index in [-0.39, 0.29) is 11.8 Å². The van der Waals surface area contributed by atoms with Gasteiger partial charge in [-0.1, -0.05) is 0 Å². The molecule has 1 unspecified atom stereocenters. The Morgan fingerprint density at radius 2 is 2.35 bits per heavy atom. The molecule has 3 rings (SSSR count). The first-order chi connectivity index (χ1) is 9.67. The van der Waals surface area contributed by atoms with E-state index >= 15 is 0 Å². The summed E-state index contributed by atoms with van der Waals surface area (Å²) in [6.07, 6.45) is 4.29. The summed E-state index contributed by atoms with van der Waals surface area (Å²) in [4.78, 5) is 14.3. The van der Waals surface area contributed by atoms with Gasteiger partial charge in [0, 0.05) is 30.6 Å². The van der Waals surface area contributed by atoms with Gasteiger partial charge in [-0.3, -0.25) is 4.79 Å². The second-order valence-electron chi connectivity index (χ2n) is 5.60. The zero-order valence-corrected chi connectivity index (χ0v) is 12.5. The van der Waals surface area contributed by atoms with Crippen LogP contribution in [0.2, 0.25) is 0 Å². The molecule has 2 aliphatic rings. The molecule has 0 saturated carbocycles. The quantitative estimate of drug-likeness (QED) is 0.851. The molecule has 2 saturated heterocycles. The smallest absolute Gasteiger partial charge is 0.227 e. The second-order valence-corrected chi connectivity index (χ2v) is 6.26. The van der Waals surface area contributed by atoms with Crippen LogP contribution in [-0.2, 0) is 20.7 Å². The molecule has 0 radical (unpaired) electrons. The molecule has 2 aliphatic heterocycles. The fourth-order valence-electron chi connectivity index (χ4n) is 3.00. The van der Waals surface area contributed by atoms with Gasteiger partial charge in [0.2, 0.25) is 5.91 Å². The van der Waals surface area contributed by atoms with Crippen LogP contribution >= 0.6 is 11.5 Å². The summed E-state index contributed by atoms with van der Waals surface area (Å²) in [6, 6.07) is 0. The number of rotatable bonds is 3. The number of likely N-dealkylation sites (tertiary alicyclic amines) is 1. The number of carbonyl (C=O) groups is 1. The van der Waals surface area contributed by atoms with Crippen LogP contribution in [0.25, 0.3) is 0 Å². The van der Waals surface area contributed by atoms with Crippen molar-refractivity contribution in [2.45, 2.75) is 32.0 Å². The van der Waals surface area contributed by atoms with Crippen molar-refractivity contribution in [2.75, 3.05) is 26.3 Å². The minimum atomic E-state index is -0.511. The zero-order chi connectivity index (χ0) is 14.0. The van der Waals surface area contributed by atoms with Gasteiger partial charge in [0.05, 0.1) is 19.6 Å². The number of amides is 1. The summed E-state index contributed by atoms with van der Waals surface area (Å²) in [6.45, 7) is 4.88. The maximum absolute atomic E-state index is 12.4. The third-order valence-corrected chi connectivity index (χ3v) is 4.85. The van der Waals surface area contributed by atoms with Crippen LogP contribution in [0.15, 0.2) is 11.6 Å². The minimum Gasteiger partial charge on any atom is -0.347 e. The zero-order valence-electron chi connectivity index (χ0n) is 11.7. The Labute approximate surface area is 123 Å². The number of nitrogens with zero attached hydrogens (tertiary/aromatic N) is 2. The van der Waals surface area contributed by atoms with Crippen LogP contribution in [-0.4, -0.2) is 47.3 Å². The van der Waals surface area contributed by atoms with Gasteiger partial charge in [-0.15, -0.1) is 0 Å². The Morgan fingerprint density at radius 3 is 3.05 bits per heavy atom. The average Bonchev–Trinajstić information content (AvgIpc) is 3.11. The maximum atomic E-state index is 12.4. The highest BCUT2D eigenvalue weighted by molar-refractivity contribution is 7.03. The van der Waals surface area contributed by atoms with Gasteiger partial charge in [0.15, 0.2) is 5.79 Å². The first-order valence-electron chi connectivity index (χ1n) is 7.11. The van der Waals surface area contributed by atoms with E-state index in [1.807, 2.05) is 17.2 Å². The number of carbonyl (C=O) groups excluding carboxylic acids is 1. The summed E-state index contributed by atoms with van der Waals surface area (Å²) in [5, 5.41) is 1.93. The summed E-state index contributed by atoms with van der Waals surface area (Å²) < 4.78 is 15.5. The normalized spacial score (nSPS) is 25.9. The van der Waals surface area contributed by atoms with E-state index in [1.165, 1.54) is 11.5 Å². The van der Waals surface area contributed by atoms with Gasteiger partial charge in [-0.25, -0.2) is 4.37 Å². The third kappa shape index (κ3) is 2.87. The predicted octanol–water partition coefficient (Wildman–Crippen LogP) is 1.69. The minimum absolute atomic E-state index is 0.177. The monoisotopic (exact) mass is 296 g/mol. The summed E-state index contributed by atoms with van der Waals surface area (Å²) >= 11 is 1.39. The van der Waals surface area contributed by atoms with Gasteiger partial charge >= 0.3 is 0 Å². The third-order valence-electron chi connectivity index (χ3n) is 4.22. The van der Waals surface area contributed by atoms with E-state index in [1.54, 1.807) is 6.20 Å². The molecule has 20 heavy (non-hydrogen) atoms. The fraction of sp³-hybridized carbons (Fsp3) is 0.714. The molecule has 1 aromatic rings. The molecule has 1 atom stereocenters. The van der Waals surface area contributed by atoms with E-state index in [4.69, 9.17) is 9.47 Å². The molecule has 1 amide bonds. The molecule has 0 aromatic carbocycles. The SMILES string of the molecule is CC1(C2CCCN(C(=O)Cc3cnsc3)C2)OCCO1. The first kappa shape index (κ1) is 14.0. The molecule has 0 aliphatic carbocycles. The van der Waals surface area contributed by atoms with Crippen LogP contribution in [0, 0.1) is 5.92 Å². The number of aromatic nitrogens is 1. The van der Waals surface area contributed by atoms with Crippen molar-refractivity contribution in [3.63, 3.8) is 0 Å². The van der Waals surface area contributed by atoms with Gasteiger partial charge in [0.1, 0.15) is 0 Å². The lowest BCUT2D eigenvalue weighted by molar-refractivity contribution is -0.192. The van der Waals surface area contributed by atoms with Crippen molar-refractivity contribution < 1.29 is 14.3 Å². The van der Waals surface area contributed by atoms with Crippen molar-refractivity contribution in [1.29, 1.82) is 0 Å². The van der Waals surface area contributed by atoms with Gasteiger partial charge < -0.3 is 14.4 Å². The van der Waals surface area contributed by atoms with Crippen LogP contribution in [0.4, 0.5) is 0 Å². The molecular formula is C14H20N2O3S. The molecule has 2 fully saturated rings. The highest BCUT2D eigenvalue weighted by Crippen LogP contribution is 2.34. The second kappa shape index (κ2) is 5.79. The van der Waals surface area contributed by atoms with Crippen molar-refractivity contribution in [2.24, 2.45) is 5.92 Å². The Bertz CT molecular complexity index is 457. The first-order valence-corrected chi connectivity index (χ1v) is 7.95. The Kier molecular flexibility index (Phi) is 4.05. The van der Waals surface area contributed by atoms with E-state index in [0.29, 0.717) is 19.6 Å². The van der Waals surface area contributed by atoms with Crippen LogP contribution in [0.5, 0.6) is 0 Å². The largest absolute Gasteiger partial charge is 0.347 e.